The van der Waals surface area contributed by atoms with Gasteiger partial charge in [0.2, 0.25) is 5.91 Å². The summed E-state index contributed by atoms with van der Waals surface area (Å²) in [7, 11) is 3.14. The molecular weight excluding hydrogens is 540 g/mol. The largest absolute Gasteiger partial charge is 0.493 e. The van der Waals surface area contributed by atoms with Crippen molar-refractivity contribution in [1.82, 2.24) is 0 Å². The summed E-state index contributed by atoms with van der Waals surface area (Å²) in [5.41, 5.74) is 2.33. The Morgan fingerprint density at radius 3 is 1.92 bits per heavy atom. The predicted octanol–water partition coefficient (Wildman–Crippen LogP) is 6.09. The number of methoxy groups -OCH3 is 2. The summed E-state index contributed by atoms with van der Waals surface area (Å²) in [6.07, 6.45) is 0.691. The summed E-state index contributed by atoms with van der Waals surface area (Å²) in [5.74, 6) is 1.57. The first-order chi connectivity index (χ1) is 17.9. The number of aryl methyl sites for hydroxylation is 1. The van der Waals surface area contributed by atoms with Crippen LogP contribution in [0.4, 0.5) is 11.4 Å². The van der Waals surface area contributed by atoms with Crippen LogP contribution in [-0.2, 0) is 11.2 Å². The lowest BCUT2D eigenvalue weighted by atomic mass is 10.1. The van der Waals surface area contributed by atoms with Crippen LogP contribution in [0.2, 0.25) is 0 Å². The standard InChI is InChI=1S/C28H31BrN2O6/c1-5-36-23-17-22(31-28(33)18-10-8-7-9-11-18)24(37-6-2)16-21(23)30-27(32)13-12-19-14-25(34-3)26(35-4)15-20(19)29/h7-11,14-17H,5-6,12-13H2,1-4H3,(H,30,32)(H,31,33). The average molecular weight is 571 g/mol. The minimum absolute atomic E-state index is 0.203. The first-order valence-electron chi connectivity index (χ1n) is 11.9. The smallest absolute Gasteiger partial charge is 0.255 e. The van der Waals surface area contributed by atoms with Gasteiger partial charge in [0.25, 0.3) is 5.91 Å². The molecular formula is C28H31BrN2O6. The van der Waals surface area contributed by atoms with E-state index in [1.807, 2.05) is 32.0 Å². The number of amides is 2. The highest BCUT2D eigenvalue weighted by molar-refractivity contribution is 9.10. The number of nitrogens with one attached hydrogen (secondary N) is 2. The zero-order chi connectivity index (χ0) is 26.8. The van der Waals surface area contributed by atoms with E-state index in [-0.39, 0.29) is 18.2 Å². The Morgan fingerprint density at radius 1 is 0.784 bits per heavy atom. The Morgan fingerprint density at radius 2 is 1.35 bits per heavy atom. The molecule has 0 aliphatic carbocycles. The maximum atomic E-state index is 12.9. The zero-order valence-corrected chi connectivity index (χ0v) is 22.9. The molecule has 2 amide bonds. The number of carbonyl (C=O) groups is 2. The number of ether oxygens (including phenoxy) is 4. The molecule has 9 heteroatoms. The summed E-state index contributed by atoms with van der Waals surface area (Å²) in [4.78, 5) is 25.6. The molecule has 0 heterocycles. The van der Waals surface area contributed by atoms with Gasteiger partial charge in [-0.2, -0.15) is 0 Å². The molecule has 0 bridgehead atoms. The number of carbonyl (C=O) groups excluding carboxylic acids is 2. The van der Waals surface area contributed by atoms with Gasteiger partial charge in [-0.1, -0.05) is 34.1 Å². The molecule has 0 aliphatic heterocycles. The first-order valence-corrected chi connectivity index (χ1v) is 12.7. The predicted molar refractivity (Wildman–Crippen MR) is 147 cm³/mol. The maximum Gasteiger partial charge on any atom is 0.255 e. The van der Waals surface area contributed by atoms with E-state index in [0.29, 0.717) is 59.6 Å². The van der Waals surface area contributed by atoms with Gasteiger partial charge in [0.05, 0.1) is 38.8 Å². The maximum absolute atomic E-state index is 12.9. The molecule has 37 heavy (non-hydrogen) atoms. The van der Waals surface area contributed by atoms with Crippen LogP contribution in [0.5, 0.6) is 23.0 Å². The summed E-state index contributed by atoms with van der Waals surface area (Å²) in [6, 6.07) is 15.9. The first kappa shape index (κ1) is 27.9. The Hall–Kier alpha value is -3.72. The van der Waals surface area contributed by atoms with Crippen LogP contribution < -0.4 is 29.6 Å². The highest BCUT2D eigenvalue weighted by Gasteiger charge is 2.18. The summed E-state index contributed by atoms with van der Waals surface area (Å²) in [6.45, 7) is 4.45. The van der Waals surface area contributed by atoms with Crippen molar-refractivity contribution in [3.8, 4) is 23.0 Å². The summed E-state index contributed by atoms with van der Waals surface area (Å²) >= 11 is 3.53. The molecule has 196 valence electrons. The molecule has 0 unspecified atom stereocenters. The van der Waals surface area contributed by atoms with E-state index in [1.165, 1.54) is 0 Å². The Balaban J connectivity index is 1.79. The van der Waals surface area contributed by atoms with Gasteiger partial charge in [0.15, 0.2) is 11.5 Å². The molecule has 0 fully saturated rings. The van der Waals surface area contributed by atoms with Crippen molar-refractivity contribution in [2.24, 2.45) is 0 Å². The van der Waals surface area contributed by atoms with Gasteiger partial charge in [-0.25, -0.2) is 0 Å². The van der Waals surface area contributed by atoms with Gasteiger partial charge < -0.3 is 29.6 Å². The van der Waals surface area contributed by atoms with E-state index in [1.54, 1.807) is 50.6 Å². The highest BCUT2D eigenvalue weighted by Crippen LogP contribution is 2.38. The van der Waals surface area contributed by atoms with Crippen LogP contribution in [0.15, 0.2) is 59.1 Å². The third-order valence-corrected chi connectivity index (χ3v) is 6.15. The van der Waals surface area contributed by atoms with Crippen molar-refractivity contribution >= 4 is 39.1 Å². The fraction of sp³-hybridized carbons (Fsp3) is 0.286. The molecule has 2 N–H and O–H groups in total. The topological polar surface area (TPSA) is 95.1 Å². The Bertz CT molecular complexity index is 1230. The number of hydrogen-bond acceptors (Lipinski definition) is 6. The van der Waals surface area contributed by atoms with Gasteiger partial charge in [-0.15, -0.1) is 0 Å². The Labute approximate surface area is 225 Å². The van der Waals surface area contributed by atoms with Crippen LogP contribution in [0.25, 0.3) is 0 Å². The molecule has 0 radical (unpaired) electrons. The lowest BCUT2D eigenvalue weighted by Crippen LogP contribution is -2.16. The van der Waals surface area contributed by atoms with Crippen LogP contribution in [0.3, 0.4) is 0 Å². The molecule has 3 rings (SSSR count). The molecule has 8 nitrogen and oxygen atoms in total. The monoisotopic (exact) mass is 570 g/mol. The normalized spacial score (nSPS) is 10.4. The molecule has 0 aromatic heterocycles. The second kappa shape index (κ2) is 13.5. The van der Waals surface area contributed by atoms with Crippen molar-refractivity contribution in [3.63, 3.8) is 0 Å². The molecule has 0 saturated heterocycles. The second-order valence-electron chi connectivity index (χ2n) is 7.88. The number of benzene rings is 3. The minimum Gasteiger partial charge on any atom is -0.493 e. The lowest BCUT2D eigenvalue weighted by molar-refractivity contribution is -0.116. The number of halogens is 1. The number of rotatable bonds is 12. The van der Waals surface area contributed by atoms with Crippen molar-refractivity contribution in [2.75, 3.05) is 38.1 Å². The Kier molecular flexibility index (Phi) is 10.2. The molecule has 3 aromatic carbocycles. The van der Waals surface area contributed by atoms with Gasteiger partial charge in [-0.3, -0.25) is 9.59 Å². The highest BCUT2D eigenvalue weighted by atomic mass is 79.9. The fourth-order valence-electron chi connectivity index (χ4n) is 3.64. The van der Waals surface area contributed by atoms with E-state index in [2.05, 4.69) is 26.6 Å². The summed E-state index contributed by atoms with van der Waals surface area (Å²) in [5, 5.41) is 5.80. The van der Waals surface area contributed by atoms with E-state index < -0.39 is 0 Å². The average Bonchev–Trinajstić information content (AvgIpc) is 2.90. The SMILES string of the molecule is CCOc1cc(NC(=O)c2ccccc2)c(OCC)cc1NC(=O)CCc1cc(OC)c(OC)cc1Br. The van der Waals surface area contributed by atoms with Crippen LogP contribution in [0.1, 0.15) is 36.2 Å². The van der Waals surface area contributed by atoms with Gasteiger partial charge in [-0.05, 0) is 50.1 Å². The van der Waals surface area contributed by atoms with Gasteiger partial charge in [0, 0.05) is 28.6 Å². The third-order valence-electron chi connectivity index (χ3n) is 5.41. The lowest BCUT2D eigenvalue weighted by Gasteiger charge is -2.18. The van der Waals surface area contributed by atoms with Crippen LogP contribution >= 0.6 is 15.9 Å². The van der Waals surface area contributed by atoms with E-state index in [4.69, 9.17) is 18.9 Å². The third kappa shape index (κ3) is 7.39. The number of hydrogen-bond donors (Lipinski definition) is 2. The molecule has 0 spiro atoms. The van der Waals surface area contributed by atoms with E-state index in [9.17, 15) is 9.59 Å². The zero-order valence-electron chi connectivity index (χ0n) is 21.4. The van der Waals surface area contributed by atoms with Gasteiger partial charge in [0.1, 0.15) is 11.5 Å². The van der Waals surface area contributed by atoms with E-state index in [0.717, 1.165) is 10.0 Å². The summed E-state index contributed by atoms with van der Waals surface area (Å²) < 4.78 is 23.1. The quantitative estimate of drug-likeness (QED) is 0.273. The van der Waals surface area contributed by atoms with Gasteiger partial charge >= 0.3 is 0 Å². The van der Waals surface area contributed by atoms with Crippen molar-refractivity contribution in [3.05, 3.63) is 70.2 Å². The molecule has 0 atom stereocenters. The van der Waals surface area contributed by atoms with Crippen LogP contribution in [0, 0.1) is 0 Å². The van der Waals surface area contributed by atoms with Crippen LogP contribution in [-0.4, -0.2) is 39.2 Å². The van der Waals surface area contributed by atoms with Crippen molar-refractivity contribution < 1.29 is 28.5 Å². The molecule has 3 aromatic rings. The molecule has 0 saturated carbocycles. The van der Waals surface area contributed by atoms with E-state index >= 15 is 0 Å². The fourth-order valence-corrected chi connectivity index (χ4v) is 4.16. The van der Waals surface area contributed by atoms with Crippen molar-refractivity contribution in [1.29, 1.82) is 0 Å². The molecule has 0 aliphatic rings. The van der Waals surface area contributed by atoms with Crippen molar-refractivity contribution in [2.45, 2.75) is 26.7 Å². The minimum atomic E-state index is -0.277. The second-order valence-corrected chi connectivity index (χ2v) is 8.73. The number of anilines is 2.